The molecule has 0 aliphatic heterocycles. The van der Waals surface area contributed by atoms with Crippen LogP contribution in [0.4, 0.5) is 0 Å². The first-order chi connectivity index (χ1) is 12.6. The van der Waals surface area contributed by atoms with E-state index in [0.717, 1.165) is 29.7 Å². The topological polar surface area (TPSA) is 73.6 Å². The molecule has 0 fully saturated rings. The van der Waals surface area contributed by atoms with Crippen molar-refractivity contribution in [2.75, 3.05) is 13.7 Å². The zero-order valence-corrected chi connectivity index (χ0v) is 15.5. The third-order valence-corrected chi connectivity index (χ3v) is 4.11. The Bertz CT molecular complexity index is 689. The molecule has 140 valence electrons. The van der Waals surface area contributed by atoms with Crippen LogP contribution < -0.4 is 20.5 Å². The molecule has 1 amide bonds. The average molecular weight is 356 g/mol. The number of carbonyl (C=O) groups is 1. The SMILES string of the molecule is CCCCOc1ccc(CNC(=O)CC(N)c2ccccc2)cc1OC. The Morgan fingerprint density at radius 1 is 1.15 bits per heavy atom. The van der Waals surface area contributed by atoms with Crippen LogP contribution in [0, 0.1) is 0 Å². The quantitative estimate of drug-likeness (QED) is 0.638. The first-order valence-corrected chi connectivity index (χ1v) is 9.01. The molecular formula is C21H28N2O3. The molecule has 0 heterocycles. The highest BCUT2D eigenvalue weighted by Crippen LogP contribution is 2.28. The molecule has 26 heavy (non-hydrogen) atoms. The summed E-state index contributed by atoms with van der Waals surface area (Å²) in [5.41, 5.74) is 8.00. The third kappa shape index (κ3) is 6.08. The summed E-state index contributed by atoms with van der Waals surface area (Å²) in [4.78, 5) is 12.1. The van der Waals surface area contributed by atoms with Crippen LogP contribution in [-0.2, 0) is 11.3 Å². The van der Waals surface area contributed by atoms with E-state index in [0.29, 0.717) is 18.9 Å². The predicted molar refractivity (Wildman–Crippen MR) is 103 cm³/mol. The molecule has 0 spiro atoms. The Morgan fingerprint density at radius 2 is 1.92 bits per heavy atom. The van der Waals surface area contributed by atoms with Gasteiger partial charge in [-0.25, -0.2) is 0 Å². The lowest BCUT2D eigenvalue weighted by atomic mass is 10.0. The normalized spacial score (nSPS) is 11.7. The van der Waals surface area contributed by atoms with E-state index in [9.17, 15) is 4.79 Å². The van der Waals surface area contributed by atoms with Crippen molar-refractivity contribution in [3.63, 3.8) is 0 Å². The van der Waals surface area contributed by atoms with Gasteiger partial charge >= 0.3 is 0 Å². The Labute approximate surface area is 155 Å². The second kappa shape index (κ2) is 10.5. The van der Waals surface area contributed by atoms with Crippen LogP contribution in [-0.4, -0.2) is 19.6 Å². The van der Waals surface area contributed by atoms with E-state index in [1.165, 1.54) is 0 Å². The Kier molecular flexibility index (Phi) is 7.96. The van der Waals surface area contributed by atoms with Crippen molar-refractivity contribution < 1.29 is 14.3 Å². The number of benzene rings is 2. The molecule has 0 saturated carbocycles. The van der Waals surface area contributed by atoms with Crippen molar-refractivity contribution in [1.82, 2.24) is 5.32 Å². The fraction of sp³-hybridized carbons (Fsp3) is 0.381. The number of rotatable bonds is 10. The largest absolute Gasteiger partial charge is 0.493 e. The number of methoxy groups -OCH3 is 1. The maximum absolute atomic E-state index is 12.1. The fourth-order valence-electron chi connectivity index (χ4n) is 2.56. The van der Waals surface area contributed by atoms with Gasteiger partial charge in [0.15, 0.2) is 11.5 Å². The van der Waals surface area contributed by atoms with Gasteiger partial charge in [0.1, 0.15) is 0 Å². The van der Waals surface area contributed by atoms with Gasteiger partial charge in [-0.1, -0.05) is 49.7 Å². The molecule has 5 heteroatoms. The number of hydrogen-bond donors (Lipinski definition) is 2. The standard InChI is InChI=1S/C21H28N2O3/c1-3-4-12-26-19-11-10-16(13-20(19)25-2)15-23-21(24)14-18(22)17-8-6-5-7-9-17/h5-11,13,18H,3-4,12,14-15,22H2,1-2H3,(H,23,24). The molecule has 2 aromatic rings. The fourth-order valence-corrected chi connectivity index (χ4v) is 2.56. The molecule has 5 nitrogen and oxygen atoms in total. The number of amides is 1. The van der Waals surface area contributed by atoms with Gasteiger partial charge in [-0.05, 0) is 29.7 Å². The summed E-state index contributed by atoms with van der Waals surface area (Å²) in [6, 6.07) is 15.0. The van der Waals surface area contributed by atoms with Gasteiger partial charge in [-0.2, -0.15) is 0 Å². The maximum Gasteiger partial charge on any atom is 0.222 e. The zero-order chi connectivity index (χ0) is 18.8. The molecule has 0 aliphatic carbocycles. The van der Waals surface area contributed by atoms with Crippen molar-refractivity contribution in [3.8, 4) is 11.5 Å². The lowest BCUT2D eigenvalue weighted by Crippen LogP contribution is -2.27. The van der Waals surface area contributed by atoms with Crippen molar-refractivity contribution >= 4 is 5.91 Å². The Morgan fingerprint density at radius 3 is 2.62 bits per heavy atom. The first kappa shape index (κ1) is 19.8. The van der Waals surface area contributed by atoms with Crippen LogP contribution in [0.1, 0.15) is 43.4 Å². The van der Waals surface area contributed by atoms with Crippen molar-refractivity contribution in [2.45, 2.75) is 38.8 Å². The van der Waals surface area contributed by atoms with Crippen molar-refractivity contribution in [2.24, 2.45) is 5.73 Å². The summed E-state index contributed by atoms with van der Waals surface area (Å²) in [6.45, 7) is 3.21. The summed E-state index contributed by atoms with van der Waals surface area (Å²) in [5.74, 6) is 1.32. The van der Waals surface area contributed by atoms with Gasteiger partial charge in [-0.15, -0.1) is 0 Å². The van der Waals surface area contributed by atoms with Crippen LogP contribution in [0.3, 0.4) is 0 Å². The highest BCUT2D eigenvalue weighted by atomic mass is 16.5. The summed E-state index contributed by atoms with van der Waals surface area (Å²) in [6.07, 6.45) is 2.33. The first-order valence-electron chi connectivity index (χ1n) is 9.01. The van der Waals surface area contributed by atoms with E-state index < -0.39 is 0 Å². The highest BCUT2D eigenvalue weighted by molar-refractivity contribution is 5.76. The summed E-state index contributed by atoms with van der Waals surface area (Å²) in [5, 5.41) is 2.91. The van der Waals surface area contributed by atoms with Gasteiger partial charge in [-0.3, -0.25) is 4.79 Å². The van der Waals surface area contributed by atoms with E-state index in [1.807, 2.05) is 48.5 Å². The minimum atomic E-state index is -0.305. The zero-order valence-electron chi connectivity index (χ0n) is 15.5. The second-order valence-electron chi connectivity index (χ2n) is 6.19. The van der Waals surface area contributed by atoms with Crippen molar-refractivity contribution in [1.29, 1.82) is 0 Å². The monoisotopic (exact) mass is 356 g/mol. The van der Waals surface area contributed by atoms with E-state index >= 15 is 0 Å². The summed E-state index contributed by atoms with van der Waals surface area (Å²) < 4.78 is 11.1. The van der Waals surface area contributed by atoms with Crippen LogP contribution >= 0.6 is 0 Å². The molecule has 0 aliphatic rings. The van der Waals surface area contributed by atoms with Crippen molar-refractivity contribution in [3.05, 3.63) is 59.7 Å². The molecule has 0 bridgehead atoms. The number of unbranched alkanes of at least 4 members (excludes halogenated alkanes) is 1. The van der Waals surface area contributed by atoms with Crippen LogP contribution in [0.2, 0.25) is 0 Å². The van der Waals surface area contributed by atoms with Crippen LogP contribution in [0.15, 0.2) is 48.5 Å². The molecule has 0 saturated heterocycles. The van der Waals surface area contributed by atoms with Crippen LogP contribution in [0.5, 0.6) is 11.5 Å². The van der Waals surface area contributed by atoms with Gasteiger partial charge in [0.05, 0.1) is 13.7 Å². The minimum absolute atomic E-state index is 0.0800. The molecule has 1 atom stereocenters. The molecule has 0 aromatic heterocycles. The van der Waals surface area contributed by atoms with E-state index in [4.69, 9.17) is 15.2 Å². The average Bonchev–Trinajstić information content (AvgIpc) is 2.67. The number of ether oxygens (including phenoxy) is 2. The molecule has 3 N–H and O–H groups in total. The van der Waals surface area contributed by atoms with Gasteiger partial charge in [0.2, 0.25) is 5.91 Å². The Balaban J connectivity index is 1.87. The number of carbonyl (C=O) groups excluding carboxylic acids is 1. The smallest absolute Gasteiger partial charge is 0.222 e. The third-order valence-electron chi connectivity index (χ3n) is 4.11. The lowest BCUT2D eigenvalue weighted by molar-refractivity contribution is -0.121. The minimum Gasteiger partial charge on any atom is -0.493 e. The summed E-state index contributed by atoms with van der Waals surface area (Å²) >= 11 is 0. The molecule has 1 unspecified atom stereocenters. The summed E-state index contributed by atoms with van der Waals surface area (Å²) in [7, 11) is 1.61. The Hall–Kier alpha value is -2.53. The number of hydrogen-bond acceptors (Lipinski definition) is 4. The predicted octanol–water partition coefficient (Wildman–Crippen LogP) is 3.58. The van der Waals surface area contributed by atoms with Crippen LogP contribution in [0.25, 0.3) is 0 Å². The molecular weight excluding hydrogens is 328 g/mol. The number of nitrogens with one attached hydrogen (secondary N) is 1. The molecule has 0 radical (unpaired) electrons. The maximum atomic E-state index is 12.1. The van der Waals surface area contributed by atoms with Gasteiger partial charge < -0.3 is 20.5 Å². The van der Waals surface area contributed by atoms with Gasteiger partial charge in [0, 0.05) is 19.0 Å². The molecule has 2 aromatic carbocycles. The molecule has 2 rings (SSSR count). The highest BCUT2D eigenvalue weighted by Gasteiger charge is 2.12. The van der Waals surface area contributed by atoms with Gasteiger partial charge in [0.25, 0.3) is 0 Å². The second-order valence-corrected chi connectivity index (χ2v) is 6.19. The van der Waals surface area contributed by atoms with E-state index in [2.05, 4.69) is 12.2 Å². The van der Waals surface area contributed by atoms with E-state index in [-0.39, 0.29) is 18.4 Å². The lowest BCUT2D eigenvalue weighted by Gasteiger charge is -2.14. The van der Waals surface area contributed by atoms with E-state index in [1.54, 1.807) is 7.11 Å². The number of nitrogens with two attached hydrogens (primary N) is 1.